The Morgan fingerprint density at radius 1 is 1.27 bits per heavy atom. The first-order chi connectivity index (χ1) is 13.9. The van der Waals surface area contributed by atoms with E-state index in [1.54, 1.807) is 42.5 Å². The number of esters is 1. The fourth-order valence-corrected chi connectivity index (χ4v) is 2.79. The van der Waals surface area contributed by atoms with Crippen molar-refractivity contribution in [1.29, 1.82) is 5.41 Å². The van der Waals surface area contributed by atoms with Crippen molar-refractivity contribution in [2.24, 2.45) is 5.73 Å². The van der Waals surface area contributed by atoms with Crippen molar-refractivity contribution in [3.05, 3.63) is 71.8 Å². The third-order valence-corrected chi connectivity index (χ3v) is 4.22. The molecule has 0 heterocycles. The van der Waals surface area contributed by atoms with Gasteiger partial charge >= 0.3 is 5.97 Å². The van der Waals surface area contributed by atoms with Crippen LogP contribution in [0.5, 0.6) is 5.75 Å². The molecule has 5 N–H and O–H groups in total. The molecular weight excluding hydrogens is 406 g/mol. The van der Waals surface area contributed by atoms with Crippen LogP contribution in [-0.4, -0.2) is 37.2 Å². The number of amidine groups is 1. The number of hydrogen-bond acceptors (Lipinski definition) is 6. The number of anilines is 1. The Hall–Kier alpha value is -3.29. The number of hydrogen-bond donors (Lipinski definition) is 4. The maximum Gasteiger partial charge on any atom is 0.333 e. The largest absolute Gasteiger partial charge is 0.490 e. The molecule has 0 spiro atoms. The van der Waals surface area contributed by atoms with Crippen molar-refractivity contribution in [2.45, 2.75) is 6.04 Å². The van der Waals surface area contributed by atoms with E-state index in [-0.39, 0.29) is 31.5 Å². The molecule has 0 saturated heterocycles. The second-order valence-electron chi connectivity index (χ2n) is 6.10. The molecule has 0 aliphatic heterocycles. The molecule has 30 heavy (non-hydrogen) atoms. The van der Waals surface area contributed by atoms with E-state index in [0.29, 0.717) is 28.1 Å². The van der Waals surface area contributed by atoms with Crippen molar-refractivity contribution in [3.8, 4) is 5.75 Å². The Labute approximate surface area is 182 Å². The Bertz CT molecular complexity index is 913. The standard InChI is InChI=1S/C22H25N3O4.ClH/c1-4-14-12-15(5-2)20(29-11-10-26)18(13-14)19(22(27)28-3)25-17-8-6-16(7-9-17)21(23)24;/h4-9,12-13,19,25-26H,1-2,10-11H2,3H3,(H3,23,24);1H. The zero-order valence-corrected chi connectivity index (χ0v) is 17.5. The molecule has 8 heteroatoms. The van der Waals surface area contributed by atoms with Gasteiger partial charge < -0.3 is 25.6 Å². The molecule has 0 fully saturated rings. The van der Waals surface area contributed by atoms with Gasteiger partial charge in [-0.2, -0.15) is 0 Å². The second kappa shape index (κ2) is 11.6. The Morgan fingerprint density at radius 2 is 1.93 bits per heavy atom. The molecule has 0 aliphatic carbocycles. The third kappa shape index (κ3) is 5.85. The van der Waals surface area contributed by atoms with E-state index in [1.807, 2.05) is 6.07 Å². The number of methoxy groups -OCH3 is 1. The smallest absolute Gasteiger partial charge is 0.333 e. The van der Waals surface area contributed by atoms with Crippen LogP contribution < -0.4 is 15.8 Å². The topological polar surface area (TPSA) is 118 Å². The van der Waals surface area contributed by atoms with Crippen LogP contribution >= 0.6 is 12.4 Å². The van der Waals surface area contributed by atoms with Gasteiger partial charge in [-0.1, -0.05) is 25.3 Å². The zero-order chi connectivity index (χ0) is 21.4. The van der Waals surface area contributed by atoms with Crippen molar-refractivity contribution in [2.75, 3.05) is 25.6 Å². The van der Waals surface area contributed by atoms with Gasteiger partial charge in [-0.05, 0) is 42.0 Å². The summed E-state index contributed by atoms with van der Waals surface area (Å²) in [5, 5.41) is 19.8. The summed E-state index contributed by atoms with van der Waals surface area (Å²) in [5.74, 6) is -0.149. The number of ether oxygens (including phenoxy) is 2. The van der Waals surface area contributed by atoms with Gasteiger partial charge in [0.1, 0.15) is 18.2 Å². The molecular formula is C22H26ClN3O4. The van der Waals surface area contributed by atoms with Crippen molar-refractivity contribution < 1.29 is 19.4 Å². The van der Waals surface area contributed by atoms with Crippen LogP contribution in [0.15, 0.2) is 49.6 Å². The third-order valence-electron chi connectivity index (χ3n) is 4.22. The second-order valence-corrected chi connectivity index (χ2v) is 6.10. The average molecular weight is 432 g/mol. The monoisotopic (exact) mass is 431 g/mol. The van der Waals surface area contributed by atoms with Gasteiger partial charge in [0.25, 0.3) is 0 Å². The highest BCUT2D eigenvalue weighted by Crippen LogP contribution is 2.35. The lowest BCUT2D eigenvalue weighted by atomic mass is 9.97. The predicted molar refractivity (Wildman–Crippen MR) is 122 cm³/mol. The molecule has 2 aromatic rings. The van der Waals surface area contributed by atoms with Gasteiger partial charge in [0, 0.05) is 22.4 Å². The van der Waals surface area contributed by atoms with Crippen molar-refractivity contribution in [3.63, 3.8) is 0 Å². The highest BCUT2D eigenvalue weighted by atomic mass is 35.5. The molecule has 0 saturated carbocycles. The quantitative estimate of drug-likeness (QED) is 0.260. The molecule has 2 rings (SSSR count). The summed E-state index contributed by atoms with van der Waals surface area (Å²) in [7, 11) is 1.30. The molecule has 160 valence electrons. The van der Waals surface area contributed by atoms with Crippen LogP contribution in [0.1, 0.15) is 28.3 Å². The van der Waals surface area contributed by atoms with Crippen molar-refractivity contribution >= 4 is 42.1 Å². The van der Waals surface area contributed by atoms with Crippen LogP contribution in [0.3, 0.4) is 0 Å². The van der Waals surface area contributed by atoms with Gasteiger partial charge in [-0.15, -0.1) is 12.4 Å². The zero-order valence-electron chi connectivity index (χ0n) is 16.7. The first-order valence-electron chi connectivity index (χ1n) is 8.90. The molecule has 7 nitrogen and oxygen atoms in total. The van der Waals surface area contributed by atoms with Crippen LogP contribution in [0.2, 0.25) is 0 Å². The summed E-state index contributed by atoms with van der Waals surface area (Å²) < 4.78 is 10.7. The summed E-state index contributed by atoms with van der Waals surface area (Å²) in [5.41, 5.74) is 8.64. The summed E-state index contributed by atoms with van der Waals surface area (Å²) in [4.78, 5) is 12.6. The predicted octanol–water partition coefficient (Wildman–Crippen LogP) is 3.38. The molecule has 0 aliphatic rings. The van der Waals surface area contributed by atoms with Gasteiger partial charge in [-0.3, -0.25) is 5.41 Å². The number of aliphatic hydroxyl groups excluding tert-OH is 1. The maximum absolute atomic E-state index is 12.6. The summed E-state index contributed by atoms with van der Waals surface area (Å²) >= 11 is 0. The normalized spacial score (nSPS) is 10.9. The van der Waals surface area contributed by atoms with E-state index in [4.69, 9.17) is 20.6 Å². The summed E-state index contributed by atoms with van der Waals surface area (Å²) in [6.45, 7) is 7.48. The van der Waals surface area contributed by atoms with Gasteiger partial charge in [0.05, 0.1) is 13.7 Å². The number of rotatable bonds is 10. The first kappa shape index (κ1) is 24.7. The van der Waals surface area contributed by atoms with E-state index >= 15 is 0 Å². The fraction of sp³-hybridized carbons (Fsp3) is 0.182. The minimum Gasteiger partial charge on any atom is -0.490 e. The van der Waals surface area contributed by atoms with Gasteiger partial charge in [-0.25, -0.2) is 4.79 Å². The SMILES string of the molecule is C=Cc1cc(C=C)c(OCCO)c(C(Nc2ccc(C(=N)N)cc2)C(=O)OC)c1.Cl. The Morgan fingerprint density at radius 3 is 2.43 bits per heavy atom. The lowest BCUT2D eigenvalue weighted by molar-refractivity contribution is -0.141. The van der Waals surface area contributed by atoms with Crippen LogP contribution in [-0.2, 0) is 9.53 Å². The number of carbonyl (C=O) groups is 1. The van der Waals surface area contributed by atoms with Crippen LogP contribution in [0, 0.1) is 5.41 Å². The lowest BCUT2D eigenvalue weighted by Crippen LogP contribution is -2.24. The highest BCUT2D eigenvalue weighted by molar-refractivity contribution is 5.95. The summed E-state index contributed by atoms with van der Waals surface area (Å²) in [6, 6.07) is 9.49. The van der Waals surface area contributed by atoms with Gasteiger partial charge in [0.2, 0.25) is 0 Å². The highest BCUT2D eigenvalue weighted by Gasteiger charge is 2.27. The molecule has 0 radical (unpaired) electrons. The maximum atomic E-state index is 12.6. The first-order valence-corrected chi connectivity index (χ1v) is 8.90. The molecule has 0 amide bonds. The molecule has 2 aromatic carbocycles. The Balaban J connectivity index is 0.00000450. The summed E-state index contributed by atoms with van der Waals surface area (Å²) in [6.07, 6.45) is 3.27. The van der Waals surface area contributed by atoms with Gasteiger partial charge in [0.15, 0.2) is 6.04 Å². The number of nitrogens with one attached hydrogen (secondary N) is 2. The Kier molecular flexibility index (Phi) is 9.61. The van der Waals surface area contributed by atoms with E-state index in [9.17, 15) is 9.90 Å². The van der Waals surface area contributed by atoms with E-state index in [0.717, 1.165) is 5.56 Å². The van der Waals surface area contributed by atoms with E-state index in [1.165, 1.54) is 7.11 Å². The number of nitrogen functional groups attached to an aromatic ring is 1. The number of benzene rings is 2. The molecule has 0 aromatic heterocycles. The average Bonchev–Trinajstić information content (AvgIpc) is 2.75. The molecule has 1 unspecified atom stereocenters. The van der Waals surface area contributed by atoms with E-state index < -0.39 is 12.0 Å². The fourth-order valence-electron chi connectivity index (χ4n) is 2.79. The lowest BCUT2D eigenvalue weighted by Gasteiger charge is -2.23. The number of carbonyl (C=O) groups excluding carboxylic acids is 1. The van der Waals surface area contributed by atoms with E-state index in [2.05, 4.69) is 18.5 Å². The number of aliphatic hydroxyl groups is 1. The van der Waals surface area contributed by atoms with Crippen molar-refractivity contribution in [1.82, 2.24) is 0 Å². The minimum absolute atomic E-state index is 0. The minimum atomic E-state index is -0.893. The van der Waals surface area contributed by atoms with Crippen LogP contribution in [0.25, 0.3) is 12.2 Å². The molecule has 0 bridgehead atoms. The molecule has 1 atom stereocenters. The van der Waals surface area contributed by atoms with Crippen LogP contribution in [0.4, 0.5) is 5.69 Å². The number of halogens is 1. The number of nitrogens with two attached hydrogens (primary N) is 1.